The van der Waals surface area contributed by atoms with Crippen molar-refractivity contribution in [2.45, 2.75) is 44.7 Å². The van der Waals surface area contributed by atoms with E-state index in [0.717, 1.165) is 0 Å². The summed E-state index contributed by atoms with van der Waals surface area (Å²) in [5, 5.41) is 83.0. The summed E-state index contributed by atoms with van der Waals surface area (Å²) in [7, 11) is 0. The molecular weight excluding hydrogens is 999 g/mol. The van der Waals surface area contributed by atoms with Crippen LogP contribution in [0, 0.1) is 0 Å². The number of aliphatic carboxylic acids is 8. The Morgan fingerprint density at radius 3 is 0.813 bits per heavy atom. The minimum absolute atomic E-state index is 0.0270. The fourth-order valence-corrected chi connectivity index (χ4v) is 8.75. The lowest BCUT2D eigenvalue weighted by Crippen LogP contribution is -2.52. The molecule has 2 heterocycles. The van der Waals surface area contributed by atoms with Crippen molar-refractivity contribution >= 4 is 65.4 Å². The molecule has 2 aliphatic rings. The molecule has 10 N–H and O–H groups in total. The summed E-state index contributed by atoms with van der Waals surface area (Å²) in [5.74, 6) is -10.6. The Morgan fingerprint density at radius 2 is 0.613 bits per heavy atom. The summed E-state index contributed by atoms with van der Waals surface area (Å²) in [6, 6.07) is -2.46. The summed E-state index contributed by atoms with van der Waals surface area (Å²) in [6.07, 6.45) is -0.838. The van der Waals surface area contributed by atoms with E-state index in [4.69, 9.17) is 0 Å². The first-order valence-corrected chi connectivity index (χ1v) is 24.7. The normalized spacial score (nSPS) is 18.5. The van der Waals surface area contributed by atoms with Crippen molar-refractivity contribution in [2.75, 3.05) is 177 Å². The van der Waals surface area contributed by atoms with Gasteiger partial charge in [-0.3, -0.25) is 96.8 Å². The van der Waals surface area contributed by atoms with E-state index in [1.807, 2.05) is 0 Å². The molecule has 2 aliphatic heterocycles. The fraction of sp³-hybridized carbons (Fsp3) is 0.756. The van der Waals surface area contributed by atoms with Crippen molar-refractivity contribution in [3.8, 4) is 0 Å². The van der Waals surface area contributed by atoms with Crippen molar-refractivity contribution in [3.63, 3.8) is 0 Å². The molecule has 0 bridgehead atoms. The number of amides is 2. The molecule has 0 radical (unpaired) electrons. The quantitative estimate of drug-likeness (QED) is 0.0321. The zero-order chi connectivity index (χ0) is 56.0. The summed E-state index contributed by atoms with van der Waals surface area (Å²) in [4.78, 5) is 148. The molecule has 2 amide bonds. The molecule has 0 spiro atoms. The second-order valence-electron chi connectivity index (χ2n) is 18.6. The van der Waals surface area contributed by atoms with Crippen molar-refractivity contribution in [2.24, 2.45) is 0 Å². The smallest absolute Gasteiger partial charge is 0.320 e. The number of ketones is 1. The number of nitrogens with one attached hydrogen (secondary N) is 2. The number of carboxylic acids is 8. The van der Waals surface area contributed by atoms with Crippen molar-refractivity contribution in [3.05, 3.63) is 0 Å². The first kappa shape index (κ1) is 65.1. The van der Waals surface area contributed by atoms with Gasteiger partial charge in [0.1, 0.15) is 17.9 Å². The van der Waals surface area contributed by atoms with Crippen LogP contribution in [0.4, 0.5) is 0 Å². The van der Waals surface area contributed by atoms with Crippen LogP contribution in [0.25, 0.3) is 0 Å². The lowest BCUT2D eigenvalue weighted by Gasteiger charge is -2.35. The summed E-state index contributed by atoms with van der Waals surface area (Å²) >= 11 is 0. The highest BCUT2D eigenvalue weighted by Gasteiger charge is 2.31. The molecular formula is C45H77N11O19. The number of carboxylic acid groups (broad SMARTS) is 8. The van der Waals surface area contributed by atoms with Gasteiger partial charge in [-0.05, 0) is 19.8 Å². The zero-order valence-corrected chi connectivity index (χ0v) is 42.7. The van der Waals surface area contributed by atoms with Crippen LogP contribution >= 0.6 is 0 Å². The predicted molar refractivity (Wildman–Crippen MR) is 262 cm³/mol. The molecule has 2 unspecified atom stereocenters. The molecule has 0 aliphatic carbocycles. The number of hydrogen-bond donors (Lipinski definition) is 10. The number of rotatable bonds is 30. The Hall–Kier alpha value is -5.99. The molecule has 0 saturated carbocycles. The van der Waals surface area contributed by atoms with Gasteiger partial charge in [-0.1, -0.05) is 0 Å². The van der Waals surface area contributed by atoms with Gasteiger partial charge < -0.3 is 51.5 Å². The first-order chi connectivity index (χ1) is 35.4. The molecule has 30 heteroatoms. The maximum Gasteiger partial charge on any atom is 0.320 e. The van der Waals surface area contributed by atoms with Crippen LogP contribution in [0.15, 0.2) is 0 Å². The van der Waals surface area contributed by atoms with E-state index in [9.17, 15) is 93.6 Å². The maximum absolute atomic E-state index is 13.1. The van der Waals surface area contributed by atoms with Crippen molar-refractivity contribution < 1.29 is 93.6 Å². The largest absolute Gasteiger partial charge is 0.480 e. The molecule has 0 aromatic rings. The number of Topliss-reactive ketones (excluding diaryl/α,β-unsaturated/α-hetero) is 1. The van der Waals surface area contributed by atoms with Crippen LogP contribution in [-0.2, 0) is 52.7 Å². The highest BCUT2D eigenvalue weighted by atomic mass is 16.4. The lowest BCUT2D eigenvalue weighted by molar-refractivity contribution is -0.145. The fourth-order valence-electron chi connectivity index (χ4n) is 8.75. The second kappa shape index (κ2) is 35.3. The predicted octanol–water partition coefficient (Wildman–Crippen LogP) is -5.47. The van der Waals surface area contributed by atoms with Crippen molar-refractivity contribution in [1.29, 1.82) is 0 Å². The Bertz CT molecular complexity index is 1730. The van der Waals surface area contributed by atoms with E-state index < -0.39 is 97.8 Å². The van der Waals surface area contributed by atoms with E-state index in [-0.39, 0.29) is 182 Å². The summed E-state index contributed by atoms with van der Waals surface area (Å²) < 4.78 is 0. The van der Waals surface area contributed by atoms with Crippen LogP contribution in [0.1, 0.15) is 32.6 Å². The molecule has 0 aromatic carbocycles. The molecule has 75 heavy (non-hydrogen) atoms. The van der Waals surface area contributed by atoms with Crippen LogP contribution in [0.5, 0.6) is 0 Å². The Balaban J connectivity index is 2.05. The second-order valence-corrected chi connectivity index (χ2v) is 18.6. The van der Waals surface area contributed by atoms with E-state index in [1.165, 1.54) is 6.92 Å². The molecule has 2 saturated heterocycles. The highest BCUT2D eigenvalue weighted by molar-refractivity contribution is 5.80. The van der Waals surface area contributed by atoms with Crippen LogP contribution in [0.2, 0.25) is 0 Å². The van der Waals surface area contributed by atoms with Gasteiger partial charge in [0, 0.05) is 144 Å². The Morgan fingerprint density at radius 1 is 0.387 bits per heavy atom. The average molecular weight is 1080 g/mol. The minimum Gasteiger partial charge on any atom is -0.480 e. The van der Waals surface area contributed by atoms with Gasteiger partial charge in [0.2, 0.25) is 11.8 Å². The van der Waals surface area contributed by atoms with Gasteiger partial charge in [-0.15, -0.1) is 0 Å². The van der Waals surface area contributed by atoms with Crippen LogP contribution in [0.3, 0.4) is 0 Å². The Labute approximate surface area is 434 Å². The third-order valence-corrected chi connectivity index (χ3v) is 12.6. The number of nitrogens with zero attached hydrogens (tertiary/aromatic N) is 9. The standard InChI is InChI=1S/C45H77N11O19/c1-33(57)26-48(8-6-46-36(58)4-2-34(44(72)73)55-22-18-51(29-40(64)65)14-10-49(27-38(60)61)11-15-52(19-23-55)30-41(66)67)9-7-47-37(59)5-3-35(45(74)75)56-24-20-53(31-42(68)69)16-12-50(28-39(62)63)13-17-54(21-25-56)32-43(70)71/h34-35H,2-32H2,1H3,(H,46,58)(H,47,59)(H,60,61)(H,62,63)(H,64,65)(H,66,67)(H,68,69)(H,70,71)(H,72,73)(H,74,75). The van der Waals surface area contributed by atoms with Gasteiger partial charge in [0.25, 0.3) is 0 Å². The van der Waals surface area contributed by atoms with Crippen molar-refractivity contribution in [1.82, 2.24) is 54.7 Å². The average Bonchev–Trinajstić information content (AvgIpc) is 3.28. The van der Waals surface area contributed by atoms with E-state index in [0.29, 0.717) is 0 Å². The SMILES string of the molecule is CC(=O)CN(CCNC(=O)CCC(C(=O)O)N1CCN(CC(=O)O)CCN(CC(=O)O)CCN(CC(=O)O)CC1)CCNC(=O)CCC(C(=O)O)N1CCN(CC(=O)O)CCN(CC(=O)O)CCN(CC(=O)O)CC1. The van der Waals surface area contributed by atoms with Crippen LogP contribution < -0.4 is 10.6 Å². The van der Waals surface area contributed by atoms with Gasteiger partial charge in [0.15, 0.2) is 0 Å². The maximum atomic E-state index is 13.1. The minimum atomic E-state index is -1.26. The van der Waals surface area contributed by atoms with Gasteiger partial charge in [-0.25, -0.2) is 0 Å². The Kier molecular flexibility index (Phi) is 30.7. The monoisotopic (exact) mass is 1080 g/mol. The number of carbonyl (C=O) groups is 11. The topological polar surface area (TPSA) is 403 Å². The van der Waals surface area contributed by atoms with E-state index >= 15 is 0 Å². The van der Waals surface area contributed by atoms with Gasteiger partial charge in [-0.2, -0.15) is 0 Å². The number of hydrogen-bond acceptors (Lipinski definition) is 20. The third kappa shape index (κ3) is 29.6. The zero-order valence-electron chi connectivity index (χ0n) is 42.7. The van der Waals surface area contributed by atoms with Gasteiger partial charge in [0.05, 0.1) is 45.8 Å². The number of carbonyl (C=O) groups excluding carboxylic acids is 3. The van der Waals surface area contributed by atoms with Gasteiger partial charge >= 0.3 is 47.8 Å². The molecule has 30 nitrogen and oxygen atoms in total. The summed E-state index contributed by atoms with van der Waals surface area (Å²) in [5.41, 5.74) is 0. The molecule has 0 aromatic heterocycles. The third-order valence-electron chi connectivity index (χ3n) is 12.6. The molecule has 2 atom stereocenters. The lowest BCUT2D eigenvalue weighted by atomic mass is 10.1. The molecule has 2 rings (SSSR count). The van der Waals surface area contributed by atoms with E-state index in [1.54, 1.807) is 44.1 Å². The van der Waals surface area contributed by atoms with E-state index in [2.05, 4.69) is 10.6 Å². The van der Waals surface area contributed by atoms with Crippen LogP contribution in [-0.4, -0.2) is 339 Å². The summed E-state index contributed by atoms with van der Waals surface area (Å²) in [6.45, 7) is 0.862. The highest BCUT2D eigenvalue weighted by Crippen LogP contribution is 2.13. The molecule has 426 valence electrons. The first-order valence-electron chi connectivity index (χ1n) is 24.7. The molecule has 2 fully saturated rings.